The lowest BCUT2D eigenvalue weighted by molar-refractivity contribution is -0.137. The van der Waals surface area contributed by atoms with Crippen molar-refractivity contribution in [2.45, 2.75) is 40.0 Å². The molecule has 0 aliphatic carbocycles. The number of nitrogens with zero attached hydrogens (tertiary/aromatic N) is 1. The number of nitrogens with two attached hydrogens (primary N) is 1. The predicted molar refractivity (Wildman–Crippen MR) is 61.1 cm³/mol. The molecule has 0 aromatic heterocycles. The molecule has 0 fully saturated rings. The number of hydrazone groups is 1. The second-order valence-electron chi connectivity index (χ2n) is 4.56. The number of rotatable bonds is 6. The van der Waals surface area contributed by atoms with Gasteiger partial charge in [0.05, 0.1) is 0 Å². The van der Waals surface area contributed by atoms with Crippen molar-refractivity contribution in [2.75, 3.05) is 0 Å². The summed E-state index contributed by atoms with van der Waals surface area (Å²) in [5.74, 6) is -0.807. The van der Waals surface area contributed by atoms with Gasteiger partial charge in [-0.05, 0) is 25.2 Å². The van der Waals surface area contributed by atoms with E-state index in [0.29, 0.717) is 18.6 Å². The molecule has 92 valence electrons. The predicted octanol–water partition coefficient (Wildman–Crippen LogP) is 1.31. The number of nitrogens with one attached hydrogen (secondary N) is 1. The zero-order valence-corrected chi connectivity index (χ0v) is 9.91. The highest BCUT2D eigenvalue weighted by molar-refractivity contribution is 5.84. The molecule has 0 saturated heterocycles. The molecule has 0 heterocycles. The van der Waals surface area contributed by atoms with Crippen LogP contribution in [-0.2, 0) is 4.79 Å². The Labute approximate surface area is 94.9 Å². The van der Waals surface area contributed by atoms with Crippen LogP contribution in [0.3, 0.4) is 0 Å². The molecular formula is C10H19N3O3. The summed E-state index contributed by atoms with van der Waals surface area (Å²) in [5, 5.41) is 12.4. The molecule has 0 bridgehead atoms. The molecular weight excluding hydrogens is 210 g/mol. The Morgan fingerprint density at radius 3 is 2.44 bits per heavy atom. The number of carboxylic acid groups (broad SMARTS) is 1. The van der Waals surface area contributed by atoms with Crippen molar-refractivity contribution in [3.05, 3.63) is 0 Å². The minimum atomic E-state index is -0.807. The molecule has 0 saturated carbocycles. The van der Waals surface area contributed by atoms with E-state index in [-0.39, 0.29) is 11.8 Å². The van der Waals surface area contributed by atoms with Crippen LogP contribution in [0.1, 0.15) is 40.0 Å². The van der Waals surface area contributed by atoms with Crippen molar-refractivity contribution >= 4 is 17.7 Å². The molecule has 0 radical (unpaired) electrons. The molecule has 0 spiro atoms. The summed E-state index contributed by atoms with van der Waals surface area (Å²) in [6.45, 7) is 5.68. The number of hydrogen-bond acceptors (Lipinski definition) is 3. The summed E-state index contributed by atoms with van der Waals surface area (Å²) >= 11 is 0. The lowest BCUT2D eigenvalue weighted by Gasteiger charge is -2.23. The Balaban J connectivity index is 4.18. The number of carbonyl (C=O) groups excluding carboxylic acids is 1. The van der Waals surface area contributed by atoms with E-state index in [1.165, 1.54) is 0 Å². The van der Waals surface area contributed by atoms with Crippen molar-refractivity contribution in [3.8, 4) is 0 Å². The molecule has 0 atom stereocenters. The zero-order valence-electron chi connectivity index (χ0n) is 9.91. The van der Waals surface area contributed by atoms with E-state index in [4.69, 9.17) is 10.8 Å². The third kappa shape index (κ3) is 7.78. The third-order valence-electron chi connectivity index (χ3n) is 2.11. The molecule has 16 heavy (non-hydrogen) atoms. The fraction of sp³-hybridized carbons (Fsp3) is 0.700. The van der Waals surface area contributed by atoms with Crippen LogP contribution < -0.4 is 11.2 Å². The molecule has 0 unspecified atom stereocenters. The van der Waals surface area contributed by atoms with Gasteiger partial charge >= 0.3 is 12.0 Å². The Kier molecular flexibility index (Phi) is 5.49. The van der Waals surface area contributed by atoms with Crippen LogP contribution in [0.4, 0.5) is 4.79 Å². The van der Waals surface area contributed by atoms with Crippen LogP contribution in [-0.4, -0.2) is 22.8 Å². The average Bonchev–Trinajstić information content (AvgIpc) is 2.11. The van der Waals surface area contributed by atoms with Crippen molar-refractivity contribution in [1.82, 2.24) is 5.43 Å². The largest absolute Gasteiger partial charge is 0.481 e. The van der Waals surface area contributed by atoms with Crippen LogP contribution in [0, 0.1) is 5.41 Å². The molecule has 2 amide bonds. The van der Waals surface area contributed by atoms with E-state index in [0.717, 1.165) is 0 Å². The van der Waals surface area contributed by atoms with Gasteiger partial charge in [-0.25, -0.2) is 10.2 Å². The number of urea groups is 1. The first-order valence-electron chi connectivity index (χ1n) is 5.03. The third-order valence-corrected chi connectivity index (χ3v) is 2.11. The highest BCUT2D eigenvalue weighted by Crippen LogP contribution is 2.27. The Bertz CT molecular complexity index is 298. The summed E-state index contributed by atoms with van der Waals surface area (Å²) in [6, 6.07) is -0.706. The fourth-order valence-corrected chi connectivity index (χ4v) is 1.42. The second-order valence-corrected chi connectivity index (χ2v) is 4.56. The van der Waals surface area contributed by atoms with Gasteiger partial charge in [0.15, 0.2) is 0 Å². The minimum absolute atomic E-state index is 0.129. The van der Waals surface area contributed by atoms with Crippen LogP contribution in [0.5, 0.6) is 0 Å². The van der Waals surface area contributed by atoms with E-state index in [9.17, 15) is 9.59 Å². The van der Waals surface area contributed by atoms with Crippen molar-refractivity contribution in [2.24, 2.45) is 16.3 Å². The second kappa shape index (κ2) is 6.09. The normalized spacial score (nSPS) is 12.3. The molecule has 6 nitrogen and oxygen atoms in total. The first-order valence-corrected chi connectivity index (χ1v) is 5.03. The monoisotopic (exact) mass is 229 g/mol. The maximum absolute atomic E-state index is 10.4. The molecule has 0 aliphatic rings. The molecule has 0 aromatic carbocycles. The summed E-state index contributed by atoms with van der Waals surface area (Å²) in [5.41, 5.74) is 7.57. The van der Waals surface area contributed by atoms with Crippen LogP contribution in [0.25, 0.3) is 0 Å². The van der Waals surface area contributed by atoms with Gasteiger partial charge in [0.1, 0.15) is 0 Å². The van der Waals surface area contributed by atoms with E-state index < -0.39 is 12.0 Å². The Morgan fingerprint density at radius 1 is 1.44 bits per heavy atom. The van der Waals surface area contributed by atoms with Gasteiger partial charge in [0, 0.05) is 12.1 Å². The van der Waals surface area contributed by atoms with Gasteiger partial charge in [-0.3, -0.25) is 4.79 Å². The lowest BCUT2D eigenvalue weighted by atomic mass is 9.83. The van der Waals surface area contributed by atoms with Gasteiger partial charge in [-0.2, -0.15) is 5.10 Å². The summed E-state index contributed by atoms with van der Waals surface area (Å²) in [6.07, 6.45) is 1.30. The first kappa shape index (κ1) is 14.4. The number of amides is 2. The summed E-state index contributed by atoms with van der Waals surface area (Å²) < 4.78 is 0. The van der Waals surface area contributed by atoms with Gasteiger partial charge in [-0.15, -0.1) is 0 Å². The van der Waals surface area contributed by atoms with Crippen LogP contribution in [0.15, 0.2) is 5.10 Å². The molecule has 6 heteroatoms. The van der Waals surface area contributed by atoms with E-state index in [1.54, 1.807) is 6.92 Å². The SMILES string of the molecule is C/C(CC(C)(C)CCC(=O)O)=N\NC(N)=O. The zero-order chi connectivity index (χ0) is 12.8. The smallest absolute Gasteiger partial charge is 0.332 e. The Hall–Kier alpha value is -1.59. The average molecular weight is 229 g/mol. The quantitative estimate of drug-likeness (QED) is 0.472. The van der Waals surface area contributed by atoms with Crippen molar-refractivity contribution < 1.29 is 14.7 Å². The maximum Gasteiger partial charge on any atom is 0.332 e. The first-order chi connectivity index (χ1) is 7.23. The maximum atomic E-state index is 10.4. The molecule has 0 aromatic rings. The standard InChI is InChI=1S/C10H19N3O3/c1-7(12-13-9(11)16)6-10(2,3)5-4-8(14)15/h4-6H2,1-3H3,(H,14,15)(H3,11,13,16)/b12-7+. The molecule has 0 aliphatic heterocycles. The number of aliphatic carboxylic acids is 1. The fourth-order valence-electron chi connectivity index (χ4n) is 1.42. The number of carboxylic acids is 1. The van der Waals surface area contributed by atoms with Gasteiger partial charge in [-0.1, -0.05) is 13.8 Å². The van der Waals surface area contributed by atoms with Crippen molar-refractivity contribution in [1.29, 1.82) is 0 Å². The lowest BCUT2D eigenvalue weighted by Crippen LogP contribution is -2.26. The summed E-state index contributed by atoms with van der Waals surface area (Å²) in [7, 11) is 0. The highest BCUT2D eigenvalue weighted by Gasteiger charge is 2.20. The summed E-state index contributed by atoms with van der Waals surface area (Å²) in [4.78, 5) is 20.9. The number of primary amides is 1. The van der Waals surface area contributed by atoms with E-state index in [1.807, 2.05) is 13.8 Å². The Morgan fingerprint density at radius 2 is 2.00 bits per heavy atom. The topological polar surface area (TPSA) is 105 Å². The molecule has 0 rings (SSSR count). The number of carbonyl (C=O) groups is 2. The molecule has 4 N–H and O–H groups in total. The van der Waals surface area contributed by atoms with Gasteiger partial charge < -0.3 is 10.8 Å². The van der Waals surface area contributed by atoms with Gasteiger partial charge in [0.2, 0.25) is 0 Å². The van der Waals surface area contributed by atoms with Gasteiger partial charge in [0.25, 0.3) is 0 Å². The van der Waals surface area contributed by atoms with Crippen LogP contribution in [0.2, 0.25) is 0 Å². The van der Waals surface area contributed by atoms with Crippen LogP contribution >= 0.6 is 0 Å². The van der Waals surface area contributed by atoms with Crippen molar-refractivity contribution in [3.63, 3.8) is 0 Å². The number of hydrogen-bond donors (Lipinski definition) is 3. The minimum Gasteiger partial charge on any atom is -0.481 e. The van der Waals surface area contributed by atoms with E-state index >= 15 is 0 Å². The van der Waals surface area contributed by atoms with E-state index in [2.05, 4.69) is 10.5 Å². The highest BCUT2D eigenvalue weighted by atomic mass is 16.4.